The number of carbonyl (C=O) groups excluding carboxylic acids is 2. The van der Waals surface area contributed by atoms with Gasteiger partial charge in [-0.25, -0.2) is 0 Å². The lowest BCUT2D eigenvalue weighted by Crippen LogP contribution is -2.41. The highest BCUT2D eigenvalue weighted by molar-refractivity contribution is 6.39. The minimum Gasteiger partial charge on any atom is -0.348 e. The maximum absolute atomic E-state index is 12.0. The Labute approximate surface area is 168 Å². The zero-order valence-electron chi connectivity index (χ0n) is 15.9. The molecule has 3 rings (SSSR count). The number of anilines is 1. The molecule has 2 aromatic rings. The van der Waals surface area contributed by atoms with Gasteiger partial charge in [-0.3, -0.25) is 29.6 Å². The molecule has 1 aliphatic rings. The van der Waals surface area contributed by atoms with Crippen molar-refractivity contribution in [2.24, 2.45) is 5.92 Å². The summed E-state index contributed by atoms with van der Waals surface area (Å²) in [6.45, 7) is 3.14. The first-order valence-electron chi connectivity index (χ1n) is 9.46. The standard InChI is InChI=1S/C20H23N5O4/c26-19(20(27)23-17-4-1-5-18(11-17)25(28)29)22-13-15-6-9-24(10-7-15)14-16-3-2-8-21-12-16/h1-5,8,11-12,15H,6-7,9-10,13-14H2,(H,22,26)(H,23,27). The van der Waals surface area contributed by atoms with Crippen LogP contribution in [-0.2, 0) is 16.1 Å². The van der Waals surface area contributed by atoms with Crippen LogP contribution in [0.5, 0.6) is 0 Å². The number of nitro benzene ring substituents is 1. The number of carbonyl (C=O) groups is 2. The van der Waals surface area contributed by atoms with Gasteiger partial charge < -0.3 is 10.6 Å². The molecule has 9 heteroatoms. The number of piperidine rings is 1. The lowest BCUT2D eigenvalue weighted by Gasteiger charge is -2.31. The van der Waals surface area contributed by atoms with Gasteiger partial charge in [0, 0.05) is 43.3 Å². The summed E-state index contributed by atoms with van der Waals surface area (Å²) in [5, 5.41) is 15.8. The van der Waals surface area contributed by atoms with E-state index in [1.165, 1.54) is 29.8 Å². The predicted molar refractivity (Wildman–Crippen MR) is 107 cm³/mol. The number of amides is 2. The smallest absolute Gasteiger partial charge is 0.313 e. The molecule has 2 heterocycles. The highest BCUT2D eigenvalue weighted by Gasteiger charge is 2.21. The number of nitrogens with zero attached hydrogens (tertiary/aromatic N) is 3. The van der Waals surface area contributed by atoms with Crippen molar-refractivity contribution in [2.45, 2.75) is 19.4 Å². The van der Waals surface area contributed by atoms with E-state index in [4.69, 9.17) is 0 Å². The van der Waals surface area contributed by atoms with E-state index in [1.54, 1.807) is 6.20 Å². The Hall–Kier alpha value is -3.33. The van der Waals surface area contributed by atoms with Crippen LogP contribution in [-0.4, -0.2) is 46.3 Å². The zero-order chi connectivity index (χ0) is 20.6. The summed E-state index contributed by atoms with van der Waals surface area (Å²) in [6.07, 6.45) is 5.50. The first kappa shape index (κ1) is 20.4. The molecule has 1 aromatic heterocycles. The van der Waals surface area contributed by atoms with Gasteiger partial charge in [0.2, 0.25) is 0 Å². The number of benzene rings is 1. The third-order valence-corrected chi connectivity index (χ3v) is 4.91. The maximum Gasteiger partial charge on any atom is 0.313 e. The quantitative estimate of drug-likeness (QED) is 0.437. The normalized spacial score (nSPS) is 14.9. The van der Waals surface area contributed by atoms with Crippen LogP contribution in [0.1, 0.15) is 18.4 Å². The van der Waals surface area contributed by atoms with Crippen molar-refractivity contribution in [3.63, 3.8) is 0 Å². The minimum atomic E-state index is -0.834. The van der Waals surface area contributed by atoms with Crippen LogP contribution in [0.4, 0.5) is 11.4 Å². The predicted octanol–water partition coefficient (Wildman–Crippen LogP) is 1.96. The SMILES string of the molecule is O=C(NCC1CCN(Cc2cccnc2)CC1)C(=O)Nc1cccc([N+](=O)[O-])c1. The van der Waals surface area contributed by atoms with Crippen molar-refractivity contribution in [2.75, 3.05) is 25.0 Å². The minimum absolute atomic E-state index is 0.152. The van der Waals surface area contributed by atoms with Crippen LogP contribution in [0.3, 0.4) is 0 Å². The van der Waals surface area contributed by atoms with Gasteiger partial charge in [0.25, 0.3) is 5.69 Å². The number of nitro groups is 1. The van der Waals surface area contributed by atoms with E-state index in [2.05, 4.69) is 26.6 Å². The Balaban J connectivity index is 1.40. The van der Waals surface area contributed by atoms with Crippen molar-refractivity contribution < 1.29 is 14.5 Å². The second-order valence-electron chi connectivity index (χ2n) is 7.05. The summed E-state index contributed by atoms with van der Waals surface area (Å²) in [7, 11) is 0. The van der Waals surface area contributed by atoms with Crippen LogP contribution < -0.4 is 10.6 Å². The number of nitrogens with one attached hydrogen (secondary N) is 2. The molecule has 0 atom stereocenters. The Morgan fingerprint density at radius 2 is 1.97 bits per heavy atom. The molecular formula is C20H23N5O4. The highest BCUT2D eigenvalue weighted by atomic mass is 16.6. The molecule has 0 radical (unpaired) electrons. The van der Waals surface area contributed by atoms with E-state index in [-0.39, 0.29) is 11.4 Å². The van der Waals surface area contributed by atoms with Crippen LogP contribution in [0, 0.1) is 16.0 Å². The van der Waals surface area contributed by atoms with Crippen LogP contribution in [0.15, 0.2) is 48.8 Å². The van der Waals surface area contributed by atoms with E-state index in [0.717, 1.165) is 32.5 Å². The van der Waals surface area contributed by atoms with Gasteiger partial charge in [0.05, 0.1) is 4.92 Å². The Bertz CT molecular complexity index is 866. The summed E-state index contributed by atoms with van der Waals surface area (Å²) in [5.41, 5.74) is 1.24. The molecule has 2 amide bonds. The fraction of sp³-hybridized carbons (Fsp3) is 0.350. The van der Waals surface area contributed by atoms with Gasteiger partial charge in [-0.2, -0.15) is 0 Å². The first-order chi connectivity index (χ1) is 14.0. The third kappa shape index (κ3) is 6.08. The average Bonchev–Trinajstić information content (AvgIpc) is 2.74. The van der Waals surface area contributed by atoms with Crippen LogP contribution >= 0.6 is 0 Å². The Morgan fingerprint density at radius 3 is 2.66 bits per heavy atom. The molecule has 0 bridgehead atoms. The number of likely N-dealkylation sites (tertiary alicyclic amines) is 1. The van der Waals surface area contributed by atoms with Crippen molar-refractivity contribution >= 4 is 23.2 Å². The molecule has 0 aliphatic carbocycles. The molecule has 1 aliphatic heterocycles. The summed E-state index contributed by atoms with van der Waals surface area (Å²) >= 11 is 0. The van der Waals surface area contributed by atoms with E-state index >= 15 is 0 Å². The van der Waals surface area contributed by atoms with E-state index in [1.807, 2.05) is 12.3 Å². The molecule has 152 valence electrons. The number of pyridine rings is 1. The van der Waals surface area contributed by atoms with Crippen molar-refractivity contribution in [1.82, 2.24) is 15.2 Å². The monoisotopic (exact) mass is 397 g/mol. The molecule has 1 aromatic carbocycles. The number of hydrogen-bond donors (Lipinski definition) is 2. The Kier molecular flexibility index (Phi) is 6.85. The van der Waals surface area contributed by atoms with Gasteiger partial charge in [0.15, 0.2) is 0 Å². The number of aromatic nitrogens is 1. The van der Waals surface area contributed by atoms with Crippen LogP contribution in [0.25, 0.3) is 0 Å². The number of non-ortho nitro benzene ring substituents is 1. The molecule has 0 unspecified atom stereocenters. The number of rotatable bonds is 6. The van der Waals surface area contributed by atoms with Gasteiger partial charge in [-0.1, -0.05) is 12.1 Å². The van der Waals surface area contributed by atoms with E-state index in [9.17, 15) is 19.7 Å². The van der Waals surface area contributed by atoms with Gasteiger partial charge >= 0.3 is 11.8 Å². The molecule has 9 nitrogen and oxygen atoms in total. The number of hydrogen-bond acceptors (Lipinski definition) is 6. The summed E-state index contributed by atoms with van der Waals surface area (Å²) in [5.74, 6) is -1.26. The van der Waals surface area contributed by atoms with Gasteiger partial charge in [-0.15, -0.1) is 0 Å². The molecule has 2 N–H and O–H groups in total. The largest absolute Gasteiger partial charge is 0.348 e. The lowest BCUT2D eigenvalue weighted by molar-refractivity contribution is -0.384. The molecular weight excluding hydrogens is 374 g/mol. The van der Waals surface area contributed by atoms with Crippen molar-refractivity contribution in [3.8, 4) is 0 Å². The van der Waals surface area contributed by atoms with Crippen molar-refractivity contribution in [3.05, 3.63) is 64.5 Å². The third-order valence-electron chi connectivity index (χ3n) is 4.91. The molecule has 0 saturated carbocycles. The molecule has 1 saturated heterocycles. The van der Waals surface area contributed by atoms with E-state index < -0.39 is 16.7 Å². The zero-order valence-corrected chi connectivity index (χ0v) is 15.9. The fourth-order valence-corrected chi connectivity index (χ4v) is 3.30. The fourth-order valence-electron chi connectivity index (χ4n) is 3.30. The van der Waals surface area contributed by atoms with Crippen molar-refractivity contribution in [1.29, 1.82) is 0 Å². The highest BCUT2D eigenvalue weighted by Crippen LogP contribution is 2.19. The lowest BCUT2D eigenvalue weighted by atomic mass is 9.96. The van der Waals surface area contributed by atoms with Crippen LogP contribution in [0.2, 0.25) is 0 Å². The second kappa shape index (κ2) is 9.74. The average molecular weight is 397 g/mol. The topological polar surface area (TPSA) is 117 Å². The summed E-state index contributed by atoms with van der Waals surface area (Å²) in [6, 6.07) is 9.45. The first-order valence-corrected chi connectivity index (χ1v) is 9.46. The summed E-state index contributed by atoms with van der Waals surface area (Å²) in [4.78, 5) is 40.8. The van der Waals surface area contributed by atoms with E-state index in [0.29, 0.717) is 12.5 Å². The van der Waals surface area contributed by atoms with Gasteiger partial charge in [-0.05, 0) is 49.5 Å². The molecule has 29 heavy (non-hydrogen) atoms. The van der Waals surface area contributed by atoms with Gasteiger partial charge in [0.1, 0.15) is 0 Å². The summed E-state index contributed by atoms with van der Waals surface area (Å²) < 4.78 is 0. The Morgan fingerprint density at radius 1 is 1.17 bits per heavy atom. The molecule has 0 spiro atoms. The second-order valence-corrected chi connectivity index (χ2v) is 7.05. The molecule has 1 fully saturated rings. The maximum atomic E-state index is 12.0.